The van der Waals surface area contributed by atoms with E-state index in [1.807, 2.05) is 0 Å². The number of hydrogen-bond acceptors (Lipinski definition) is 2. The first-order valence-electron chi connectivity index (χ1n) is 5.90. The molecule has 0 amide bonds. The molecule has 2 heteroatoms. The lowest BCUT2D eigenvalue weighted by Gasteiger charge is -2.26. The quantitative estimate of drug-likeness (QED) is 0.792. The normalized spacial score (nSPS) is 17.9. The maximum absolute atomic E-state index is 3.49. The van der Waals surface area contributed by atoms with Crippen LogP contribution in [0, 0.1) is 0 Å². The van der Waals surface area contributed by atoms with E-state index in [0.29, 0.717) is 0 Å². The van der Waals surface area contributed by atoms with Gasteiger partial charge in [0.15, 0.2) is 0 Å². The summed E-state index contributed by atoms with van der Waals surface area (Å²) in [6, 6.07) is 8.76. The minimum Gasteiger partial charge on any atom is -0.311 e. The molecule has 0 bridgehead atoms. The Labute approximate surface area is 92.3 Å². The summed E-state index contributed by atoms with van der Waals surface area (Å²) in [6.45, 7) is 7.87. The fourth-order valence-corrected chi connectivity index (χ4v) is 2.17. The number of nitrogens with one attached hydrogen (secondary N) is 1. The highest BCUT2D eigenvalue weighted by atomic mass is 15.1. The van der Waals surface area contributed by atoms with Crippen LogP contribution in [0.2, 0.25) is 0 Å². The molecule has 15 heavy (non-hydrogen) atoms. The molecule has 1 N–H and O–H groups in total. The third-order valence-corrected chi connectivity index (χ3v) is 2.97. The van der Waals surface area contributed by atoms with Crippen LogP contribution >= 0.6 is 0 Å². The molecule has 1 heterocycles. The Morgan fingerprint density at radius 3 is 2.87 bits per heavy atom. The molecular formula is C13H20N2. The van der Waals surface area contributed by atoms with Gasteiger partial charge in [-0.3, -0.25) is 4.90 Å². The molecule has 0 spiro atoms. The second-order valence-electron chi connectivity index (χ2n) is 4.22. The molecule has 2 nitrogen and oxygen atoms in total. The summed E-state index contributed by atoms with van der Waals surface area (Å²) in [5.41, 5.74) is 2.94. The van der Waals surface area contributed by atoms with Crippen molar-refractivity contribution in [3.8, 4) is 0 Å². The van der Waals surface area contributed by atoms with Crippen molar-refractivity contribution >= 4 is 0 Å². The van der Waals surface area contributed by atoms with Crippen LogP contribution in [0.4, 0.5) is 0 Å². The lowest BCUT2D eigenvalue weighted by Crippen LogP contribution is -2.35. The minimum absolute atomic E-state index is 1.02. The molecule has 1 aromatic carbocycles. The Balaban J connectivity index is 2.14. The average molecular weight is 204 g/mol. The van der Waals surface area contributed by atoms with Crippen molar-refractivity contribution in [2.75, 3.05) is 19.6 Å². The standard InChI is InChI=1S/C13H20N2/c1-2-8-15-9-7-14-10-12-5-3-4-6-13(12)11-15/h3-6,14H,2,7-11H2,1H3. The number of benzene rings is 1. The van der Waals surface area contributed by atoms with Crippen molar-refractivity contribution in [2.45, 2.75) is 26.4 Å². The Morgan fingerprint density at radius 1 is 1.27 bits per heavy atom. The van der Waals surface area contributed by atoms with Crippen molar-refractivity contribution in [2.24, 2.45) is 0 Å². The summed E-state index contributed by atoms with van der Waals surface area (Å²) < 4.78 is 0. The average Bonchev–Trinajstić information content (AvgIpc) is 2.22. The van der Waals surface area contributed by atoms with E-state index in [1.165, 1.54) is 30.6 Å². The summed E-state index contributed by atoms with van der Waals surface area (Å²) in [5, 5.41) is 3.49. The third-order valence-electron chi connectivity index (χ3n) is 2.97. The van der Waals surface area contributed by atoms with Gasteiger partial charge in [-0.1, -0.05) is 31.2 Å². The Bertz CT molecular complexity index is 309. The van der Waals surface area contributed by atoms with Gasteiger partial charge < -0.3 is 5.32 Å². The zero-order valence-corrected chi connectivity index (χ0v) is 9.50. The van der Waals surface area contributed by atoms with Crippen LogP contribution in [-0.4, -0.2) is 24.5 Å². The predicted molar refractivity (Wildman–Crippen MR) is 63.7 cm³/mol. The minimum atomic E-state index is 1.02. The van der Waals surface area contributed by atoms with Crippen molar-refractivity contribution in [1.82, 2.24) is 10.2 Å². The van der Waals surface area contributed by atoms with E-state index >= 15 is 0 Å². The van der Waals surface area contributed by atoms with Crippen LogP contribution < -0.4 is 5.32 Å². The number of fused-ring (bicyclic) bond motifs is 1. The van der Waals surface area contributed by atoms with E-state index in [2.05, 4.69) is 41.4 Å². The molecule has 0 atom stereocenters. The molecule has 0 saturated carbocycles. The summed E-state index contributed by atoms with van der Waals surface area (Å²) in [6.07, 6.45) is 1.24. The molecule has 2 rings (SSSR count). The van der Waals surface area contributed by atoms with Gasteiger partial charge in [0.2, 0.25) is 0 Å². The van der Waals surface area contributed by atoms with Gasteiger partial charge in [-0.25, -0.2) is 0 Å². The molecule has 1 aromatic rings. The summed E-state index contributed by atoms with van der Waals surface area (Å²) in [4.78, 5) is 2.53. The van der Waals surface area contributed by atoms with Gasteiger partial charge in [0.1, 0.15) is 0 Å². The van der Waals surface area contributed by atoms with Crippen molar-refractivity contribution in [1.29, 1.82) is 0 Å². The predicted octanol–water partition coefficient (Wildman–Crippen LogP) is 2.00. The fourth-order valence-electron chi connectivity index (χ4n) is 2.17. The van der Waals surface area contributed by atoms with Crippen molar-refractivity contribution in [3.63, 3.8) is 0 Å². The van der Waals surface area contributed by atoms with Crippen LogP contribution in [-0.2, 0) is 13.1 Å². The second kappa shape index (κ2) is 5.29. The first-order valence-corrected chi connectivity index (χ1v) is 5.90. The van der Waals surface area contributed by atoms with Gasteiger partial charge in [-0.05, 0) is 24.1 Å². The number of rotatable bonds is 2. The molecule has 0 radical (unpaired) electrons. The summed E-state index contributed by atoms with van der Waals surface area (Å²) in [5.74, 6) is 0. The number of nitrogens with zero attached hydrogens (tertiary/aromatic N) is 1. The van der Waals surface area contributed by atoms with Crippen LogP contribution in [0.3, 0.4) is 0 Å². The maximum Gasteiger partial charge on any atom is 0.0237 e. The Hall–Kier alpha value is -0.860. The first-order chi connectivity index (χ1) is 7.40. The van der Waals surface area contributed by atoms with E-state index in [1.54, 1.807) is 0 Å². The summed E-state index contributed by atoms with van der Waals surface area (Å²) >= 11 is 0. The Kier molecular flexibility index (Phi) is 3.75. The first kappa shape index (κ1) is 10.7. The van der Waals surface area contributed by atoms with Gasteiger partial charge in [0.05, 0.1) is 0 Å². The topological polar surface area (TPSA) is 15.3 Å². The van der Waals surface area contributed by atoms with Crippen LogP contribution in [0.15, 0.2) is 24.3 Å². The van der Waals surface area contributed by atoms with E-state index in [-0.39, 0.29) is 0 Å². The highest BCUT2D eigenvalue weighted by Gasteiger charge is 2.10. The molecular weight excluding hydrogens is 184 g/mol. The van der Waals surface area contributed by atoms with Gasteiger partial charge in [0.25, 0.3) is 0 Å². The molecule has 0 aromatic heterocycles. The zero-order valence-electron chi connectivity index (χ0n) is 9.50. The smallest absolute Gasteiger partial charge is 0.0237 e. The van der Waals surface area contributed by atoms with E-state index in [9.17, 15) is 0 Å². The molecule has 0 aliphatic carbocycles. The molecule has 1 aliphatic rings. The van der Waals surface area contributed by atoms with Crippen molar-refractivity contribution in [3.05, 3.63) is 35.4 Å². The maximum atomic E-state index is 3.49. The van der Waals surface area contributed by atoms with E-state index < -0.39 is 0 Å². The monoisotopic (exact) mass is 204 g/mol. The molecule has 82 valence electrons. The Morgan fingerprint density at radius 2 is 2.07 bits per heavy atom. The van der Waals surface area contributed by atoms with Gasteiger partial charge >= 0.3 is 0 Å². The largest absolute Gasteiger partial charge is 0.311 e. The highest BCUT2D eigenvalue weighted by molar-refractivity contribution is 5.27. The zero-order chi connectivity index (χ0) is 10.5. The lowest BCUT2D eigenvalue weighted by molar-refractivity contribution is 0.259. The molecule has 1 aliphatic heterocycles. The van der Waals surface area contributed by atoms with E-state index in [0.717, 1.165) is 19.6 Å². The SMILES string of the molecule is CCCN1CCNCc2ccccc2C1. The van der Waals surface area contributed by atoms with E-state index in [4.69, 9.17) is 0 Å². The van der Waals surface area contributed by atoms with Gasteiger partial charge in [-0.2, -0.15) is 0 Å². The van der Waals surface area contributed by atoms with Gasteiger partial charge in [0, 0.05) is 26.2 Å². The molecule has 0 fully saturated rings. The van der Waals surface area contributed by atoms with Crippen molar-refractivity contribution < 1.29 is 0 Å². The highest BCUT2D eigenvalue weighted by Crippen LogP contribution is 2.13. The molecule has 0 unspecified atom stereocenters. The third kappa shape index (κ3) is 2.80. The second-order valence-corrected chi connectivity index (χ2v) is 4.22. The van der Waals surface area contributed by atoms with Crippen LogP contribution in [0.25, 0.3) is 0 Å². The van der Waals surface area contributed by atoms with Crippen LogP contribution in [0.1, 0.15) is 24.5 Å². The van der Waals surface area contributed by atoms with Gasteiger partial charge in [-0.15, -0.1) is 0 Å². The van der Waals surface area contributed by atoms with Crippen LogP contribution in [0.5, 0.6) is 0 Å². The summed E-state index contributed by atoms with van der Waals surface area (Å²) in [7, 11) is 0. The molecule has 0 saturated heterocycles. The number of hydrogen-bond donors (Lipinski definition) is 1. The lowest BCUT2D eigenvalue weighted by atomic mass is 10.1. The fraction of sp³-hybridized carbons (Fsp3) is 0.538.